The monoisotopic (exact) mass is 330 g/mol. The van der Waals surface area contributed by atoms with Gasteiger partial charge in [0.1, 0.15) is 5.15 Å². The molecular weight excluding hydrogens is 315 g/mol. The minimum absolute atomic E-state index is 0.425. The van der Waals surface area contributed by atoms with Crippen molar-refractivity contribution in [2.75, 3.05) is 0 Å². The lowest BCUT2D eigenvalue weighted by atomic mass is 10.1. The van der Waals surface area contributed by atoms with E-state index in [1.807, 2.05) is 19.9 Å². The van der Waals surface area contributed by atoms with Gasteiger partial charge in [-0.1, -0.05) is 41.4 Å². The molecule has 0 aliphatic rings. The Labute approximate surface area is 135 Å². The van der Waals surface area contributed by atoms with E-state index in [1.54, 1.807) is 12.3 Å². The quantitative estimate of drug-likeness (QED) is 0.366. The van der Waals surface area contributed by atoms with Crippen molar-refractivity contribution in [2.45, 2.75) is 33.1 Å². The van der Waals surface area contributed by atoms with Gasteiger partial charge in [-0.3, -0.25) is 4.99 Å². The fourth-order valence-electron chi connectivity index (χ4n) is 1.51. The van der Waals surface area contributed by atoms with E-state index in [1.165, 1.54) is 0 Å². The van der Waals surface area contributed by atoms with Crippen molar-refractivity contribution in [3.05, 3.63) is 51.4 Å². The SMILES string of the molecule is C=C(C)/C(Cl)=C\N=C(/C)CCCc1cc(Cl)cc(Cl)n1. The molecule has 0 bridgehead atoms. The number of rotatable bonds is 6. The fourth-order valence-corrected chi connectivity index (χ4v) is 2.07. The van der Waals surface area contributed by atoms with Gasteiger partial charge in [0.25, 0.3) is 0 Å². The summed E-state index contributed by atoms with van der Waals surface area (Å²) < 4.78 is 0. The van der Waals surface area contributed by atoms with Crippen molar-refractivity contribution in [2.24, 2.45) is 4.99 Å². The van der Waals surface area contributed by atoms with Crippen molar-refractivity contribution >= 4 is 40.5 Å². The summed E-state index contributed by atoms with van der Waals surface area (Å²) in [5, 5.41) is 1.61. The van der Waals surface area contributed by atoms with E-state index in [2.05, 4.69) is 16.6 Å². The summed E-state index contributed by atoms with van der Waals surface area (Å²) in [7, 11) is 0. The molecule has 1 rings (SSSR count). The van der Waals surface area contributed by atoms with Gasteiger partial charge < -0.3 is 0 Å². The average Bonchev–Trinajstić information content (AvgIpc) is 2.34. The Hall–Kier alpha value is -0.830. The van der Waals surface area contributed by atoms with E-state index in [-0.39, 0.29) is 0 Å². The number of hydrogen-bond donors (Lipinski definition) is 0. The summed E-state index contributed by atoms with van der Waals surface area (Å²) in [6.07, 6.45) is 4.24. The van der Waals surface area contributed by atoms with Crippen molar-refractivity contribution < 1.29 is 0 Å². The molecule has 5 heteroatoms. The van der Waals surface area contributed by atoms with Gasteiger partial charge in [0.05, 0.1) is 5.03 Å². The van der Waals surface area contributed by atoms with E-state index in [4.69, 9.17) is 34.8 Å². The predicted molar refractivity (Wildman–Crippen MR) is 89.1 cm³/mol. The Kier molecular flexibility index (Phi) is 7.28. The van der Waals surface area contributed by atoms with Crippen LogP contribution in [0.25, 0.3) is 0 Å². The van der Waals surface area contributed by atoms with Crippen LogP contribution < -0.4 is 0 Å². The van der Waals surface area contributed by atoms with E-state index < -0.39 is 0 Å². The number of nitrogens with zero attached hydrogens (tertiary/aromatic N) is 2. The molecule has 0 N–H and O–H groups in total. The maximum Gasteiger partial charge on any atom is 0.130 e. The Morgan fingerprint density at radius 2 is 2.05 bits per heavy atom. The second-order valence-electron chi connectivity index (χ2n) is 4.57. The molecule has 0 fully saturated rings. The number of aliphatic imine (C=N–C) groups is 1. The third kappa shape index (κ3) is 6.56. The molecule has 2 nitrogen and oxygen atoms in total. The van der Waals surface area contributed by atoms with Crippen LogP contribution in [0.3, 0.4) is 0 Å². The largest absolute Gasteiger partial charge is 0.264 e. The molecule has 0 aromatic carbocycles. The Bertz CT molecular complexity index is 528. The zero-order valence-corrected chi connectivity index (χ0v) is 13.9. The van der Waals surface area contributed by atoms with E-state index in [0.717, 1.165) is 36.2 Å². The first-order chi connectivity index (χ1) is 9.38. The highest BCUT2D eigenvalue weighted by atomic mass is 35.5. The lowest BCUT2D eigenvalue weighted by Crippen LogP contribution is -1.95. The fraction of sp³-hybridized carbons (Fsp3) is 0.333. The summed E-state index contributed by atoms with van der Waals surface area (Å²) in [4.78, 5) is 8.53. The van der Waals surface area contributed by atoms with Crippen LogP contribution >= 0.6 is 34.8 Å². The van der Waals surface area contributed by atoms with Crippen molar-refractivity contribution in [1.29, 1.82) is 0 Å². The summed E-state index contributed by atoms with van der Waals surface area (Å²) in [6, 6.07) is 3.46. The number of aromatic nitrogens is 1. The Balaban J connectivity index is 2.49. The molecule has 0 amide bonds. The molecule has 0 atom stereocenters. The minimum atomic E-state index is 0.425. The molecule has 1 aromatic heterocycles. The number of halogens is 3. The highest BCUT2D eigenvalue weighted by Gasteiger charge is 2.01. The highest BCUT2D eigenvalue weighted by Crippen LogP contribution is 2.17. The van der Waals surface area contributed by atoms with E-state index in [0.29, 0.717) is 15.2 Å². The second kappa shape index (κ2) is 8.46. The molecule has 1 aromatic rings. The molecule has 0 spiro atoms. The van der Waals surface area contributed by atoms with Gasteiger partial charge in [0.2, 0.25) is 0 Å². The molecule has 0 unspecified atom stereocenters. The number of aryl methyl sites for hydroxylation is 1. The number of allylic oxidation sites excluding steroid dienone is 2. The molecule has 0 aliphatic carbocycles. The van der Waals surface area contributed by atoms with Crippen LogP contribution in [0.1, 0.15) is 32.4 Å². The Morgan fingerprint density at radius 3 is 2.65 bits per heavy atom. The average molecular weight is 332 g/mol. The first-order valence-corrected chi connectivity index (χ1v) is 7.38. The molecule has 0 aliphatic heterocycles. The van der Waals surface area contributed by atoms with E-state index >= 15 is 0 Å². The zero-order valence-electron chi connectivity index (χ0n) is 11.6. The zero-order chi connectivity index (χ0) is 15.1. The van der Waals surface area contributed by atoms with Crippen LogP contribution in [0, 0.1) is 0 Å². The summed E-state index contributed by atoms with van der Waals surface area (Å²) >= 11 is 17.7. The Morgan fingerprint density at radius 1 is 1.35 bits per heavy atom. The minimum Gasteiger partial charge on any atom is -0.264 e. The van der Waals surface area contributed by atoms with Crippen LogP contribution in [0.15, 0.2) is 40.5 Å². The summed E-state index contributed by atoms with van der Waals surface area (Å²) in [6.45, 7) is 7.56. The first kappa shape index (κ1) is 17.2. The van der Waals surface area contributed by atoms with Crippen LogP contribution in [0.5, 0.6) is 0 Å². The van der Waals surface area contributed by atoms with Gasteiger partial charge in [-0.25, -0.2) is 4.98 Å². The smallest absolute Gasteiger partial charge is 0.130 e. The normalized spacial score (nSPS) is 12.7. The molecule has 0 saturated heterocycles. The highest BCUT2D eigenvalue weighted by molar-refractivity contribution is 6.34. The van der Waals surface area contributed by atoms with Gasteiger partial charge in [-0.05, 0) is 50.8 Å². The van der Waals surface area contributed by atoms with Gasteiger partial charge in [-0.15, -0.1) is 0 Å². The van der Waals surface area contributed by atoms with Gasteiger partial charge in [0.15, 0.2) is 0 Å². The van der Waals surface area contributed by atoms with Crippen LogP contribution in [0.4, 0.5) is 0 Å². The third-order valence-corrected chi connectivity index (χ3v) is 3.42. The van der Waals surface area contributed by atoms with Crippen molar-refractivity contribution in [1.82, 2.24) is 4.98 Å². The van der Waals surface area contributed by atoms with Gasteiger partial charge in [0, 0.05) is 22.6 Å². The molecular formula is C15H17Cl3N2. The van der Waals surface area contributed by atoms with Crippen LogP contribution in [0.2, 0.25) is 10.2 Å². The van der Waals surface area contributed by atoms with Gasteiger partial charge >= 0.3 is 0 Å². The summed E-state index contributed by atoms with van der Waals surface area (Å²) in [5.74, 6) is 0. The van der Waals surface area contributed by atoms with Crippen molar-refractivity contribution in [3.63, 3.8) is 0 Å². The number of pyridine rings is 1. The molecule has 0 radical (unpaired) electrons. The lowest BCUT2D eigenvalue weighted by Gasteiger charge is -2.02. The maximum absolute atomic E-state index is 5.94. The predicted octanol–water partition coefficient (Wildman–Crippen LogP) is 5.83. The topological polar surface area (TPSA) is 25.2 Å². The molecule has 20 heavy (non-hydrogen) atoms. The molecule has 0 saturated carbocycles. The van der Waals surface area contributed by atoms with Crippen LogP contribution in [-0.4, -0.2) is 10.7 Å². The number of hydrogen-bond acceptors (Lipinski definition) is 2. The molecule has 108 valence electrons. The first-order valence-electron chi connectivity index (χ1n) is 6.25. The van der Waals surface area contributed by atoms with Crippen molar-refractivity contribution in [3.8, 4) is 0 Å². The standard InChI is InChI=1S/C15H17Cl3N2/c1-10(2)14(17)9-19-11(3)5-4-6-13-7-12(16)8-15(18)20-13/h7-9H,1,4-6H2,2-3H3/b14-9+,19-11+. The maximum atomic E-state index is 5.94. The second-order valence-corrected chi connectivity index (χ2v) is 5.81. The third-order valence-electron chi connectivity index (χ3n) is 2.59. The van der Waals surface area contributed by atoms with E-state index in [9.17, 15) is 0 Å². The van der Waals surface area contributed by atoms with Crippen LogP contribution in [-0.2, 0) is 6.42 Å². The lowest BCUT2D eigenvalue weighted by molar-refractivity contribution is 0.835. The van der Waals surface area contributed by atoms with Gasteiger partial charge in [-0.2, -0.15) is 0 Å². The molecule has 1 heterocycles. The summed E-state index contributed by atoms with van der Waals surface area (Å²) in [5.41, 5.74) is 2.71.